The standard InChI is InChI=1S/C25H25N3O3/c1-16-8-9-20(17(2)14-16)27-10-12-28(13-11-27)24(29)21-15-19-23(26(21)3)18-6-4-5-7-22(18)31-25(19)30/h4-9,14-15H,10-13H2,1-3H3. The number of carbonyl (C=O) groups excluding carboxylic acids is 1. The summed E-state index contributed by atoms with van der Waals surface area (Å²) in [7, 11) is 1.84. The fourth-order valence-corrected chi connectivity index (χ4v) is 4.67. The van der Waals surface area contributed by atoms with Gasteiger partial charge in [0.1, 0.15) is 11.3 Å². The van der Waals surface area contributed by atoms with Crippen LogP contribution in [0, 0.1) is 13.8 Å². The summed E-state index contributed by atoms with van der Waals surface area (Å²) in [5.74, 6) is -0.0533. The van der Waals surface area contributed by atoms with Gasteiger partial charge in [0, 0.05) is 44.3 Å². The van der Waals surface area contributed by atoms with Crippen LogP contribution in [0.3, 0.4) is 0 Å². The number of amides is 1. The molecule has 5 rings (SSSR count). The first-order valence-electron chi connectivity index (χ1n) is 10.6. The van der Waals surface area contributed by atoms with Gasteiger partial charge in [-0.2, -0.15) is 0 Å². The average Bonchev–Trinajstić information content (AvgIpc) is 3.12. The second kappa shape index (κ2) is 7.30. The van der Waals surface area contributed by atoms with Gasteiger partial charge < -0.3 is 18.8 Å². The molecule has 0 aliphatic carbocycles. The smallest absolute Gasteiger partial charge is 0.345 e. The van der Waals surface area contributed by atoms with Gasteiger partial charge in [-0.15, -0.1) is 0 Å². The fraction of sp³-hybridized carbons (Fsp3) is 0.280. The van der Waals surface area contributed by atoms with Crippen LogP contribution in [-0.2, 0) is 7.05 Å². The molecule has 6 heteroatoms. The van der Waals surface area contributed by atoms with Crippen LogP contribution in [0.5, 0.6) is 0 Å². The van der Waals surface area contributed by atoms with E-state index in [9.17, 15) is 9.59 Å². The topological polar surface area (TPSA) is 58.7 Å². The van der Waals surface area contributed by atoms with Crippen molar-refractivity contribution < 1.29 is 9.21 Å². The Morgan fingerprint density at radius 1 is 0.935 bits per heavy atom. The lowest BCUT2D eigenvalue weighted by atomic mass is 10.1. The summed E-state index contributed by atoms with van der Waals surface area (Å²) in [4.78, 5) is 30.1. The molecule has 6 nitrogen and oxygen atoms in total. The Labute approximate surface area is 180 Å². The van der Waals surface area contributed by atoms with Gasteiger partial charge in [-0.3, -0.25) is 4.79 Å². The van der Waals surface area contributed by atoms with Crippen molar-refractivity contribution in [3.05, 3.63) is 75.8 Å². The van der Waals surface area contributed by atoms with Crippen molar-refractivity contribution in [2.24, 2.45) is 7.05 Å². The zero-order valence-corrected chi connectivity index (χ0v) is 18.0. The lowest BCUT2D eigenvalue weighted by Gasteiger charge is -2.37. The lowest BCUT2D eigenvalue weighted by molar-refractivity contribution is 0.0737. The SMILES string of the molecule is Cc1ccc(N2CCN(C(=O)c3cc4c(=O)oc5ccccc5c4n3C)CC2)c(C)c1. The number of benzene rings is 2. The largest absolute Gasteiger partial charge is 0.422 e. The molecule has 2 aromatic carbocycles. The lowest BCUT2D eigenvalue weighted by Crippen LogP contribution is -2.49. The molecule has 1 saturated heterocycles. The van der Waals surface area contributed by atoms with Crippen LogP contribution in [0.25, 0.3) is 21.9 Å². The van der Waals surface area contributed by atoms with E-state index in [1.165, 1.54) is 16.8 Å². The molecule has 0 spiro atoms. The van der Waals surface area contributed by atoms with Gasteiger partial charge in [0.2, 0.25) is 0 Å². The average molecular weight is 415 g/mol. The number of carbonyl (C=O) groups is 1. The van der Waals surface area contributed by atoms with Crippen LogP contribution in [0.4, 0.5) is 5.69 Å². The van der Waals surface area contributed by atoms with E-state index >= 15 is 0 Å². The number of para-hydroxylation sites is 1. The molecule has 1 aliphatic rings. The number of rotatable bonds is 2. The Hall–Kier alpha value is -3.54. The molecule has 4 aromatic rings. The number of hydrogen-bond acceptors (Lipinski definition) is 4. The summed E-state index contributed by atoms with van der Waals surface area (Å²) >= 11 is 0. The van der Waals surface area contributed by atoms with Gasteiger partial charge in [-0.25, -0.2) is 4.79 Å². The quantitative estimate of drug-likeness (QED) is 0.467. The summed E-state index contributed by atoms with van der Waals surface area (Å²) < 4.78 is 7.28. The number of aryl methyl sites for hydroxylation is 3. The molecule has 0 atom stereocenters. The Kier molecular flexibility index (Phi) is 4.58. The Morgan fingerprint density at radius 3 is 2.42 bits per heavy atom. The van der Waals surface area contributed by atoms with Gasteiger partial charge in [0.05, 0.1) is 10.9 Å². The Bertz CT molecular complexity index is 1370. The zero-order chi connectivity index (χ0) is 21.7. The van der Waals surface area contributed by atoms with Crippen molar-refractivity contribution in [1.29, 1.82) is 0 Å². The maximum Gasteiger partial charge on any atom is 0.345 e. The van der Waals surface area contributed by atoms with Crippen LogP contribution in [0.1, 0.15) is 21.6 Å². The molecule has 1 amide bonds. The molecule has 2 aromatic heterocycles. The van der Waals surface area contributed by atoms with Crippen LogP contribution in [0.15, 0.2) is 57.7 Å². The number of piperazine rings is 1. The highest BCUT2D eigenvalue weighted by atomic mass is 16.4. The molecular formula is C25H25N3O3. The molecular weight excluding hydrogens is 390 g/mol. The molecule has 1 aliphatic heterocycles. The molecule has 31 heavy (non-hydrogen) atoms. The second-order valence-corrected chi connectivity index (χ2v) is 8.31. The molecule has 0 bridgehead atoms. The van der Waals surface area contributed by atoms with E-state index in [0.717, 1.165) is 24.0 Å². The van der Waals surface area contributed by atoms with Gasteiger partial charge >= 0.3 is 5.63 Å². The number of hydrogen-bond donors (Lipinski definition) is 0. The maximum absolute atomic E-state index is 13.3. The van der Waals surface area contributed by atoms with E-state index in [2.05, 4.69) is 36.9 Å². The number of fused-ring (bicyclic) bond motifs is 3. The first-order chi connectivity index (χ1) is 14.9. The third-order valence-corrected chi connectivity index (χ3v) is 6.28. The van der Waals surface area contributed by atoms with E-state index in [1.807, 2.05) is 34.7 Å². The minimum atomic E-state index is -0.414. The normalized spacial score (nSPS) is 14.5. The molecule has 0 unspecified atom stereocenters. The Morgan fingerprint density at radius 2 is 1.68 bits per heavy atom. The molecule has 0 N–H and O–H groups in total. The van der Waals surface area contributed by atoms with Crippen LogP contribution in [0.2, 0.25) is 0 Å². The third-order valence-electron chi connectivity index (χ3n) is 6.28. The van der Waals surface area contributed by atoms with E-state index in [4.69, 9.17) is 4.42 Å². The van der Waals surface area contributed by atoms with Crippen LogP contribution in [-0.4, -0.2) is 41.6 Å². The minimum Gasteiger partial charge on any atom is -0.422 e. The van der Waals surface area contributed by atoms with Crippen molar-refractivity contribution >= 4 is 33.5 Å². The monoisotopic (exact) mass is 415 g/mol. The van der Waals surface area contributed by atoms with Gasteiger partial charge in [-0.05, 0) is 43.7 Å². The predicted octanol–water partition coefficient (Wildman–Crippen LogP) is 3.86. The summed E-state index contributed by atoms with van der Waals surface area (Å²) in [6.07, 6.45) is 0. The predicted molar refractivity (Wildman–Crippen MR) is 123 cm³/mol. The number of nitrogens with zero attached hydrogens (tertiary/aromatic N) is 3. The third kappa shape index (κ3) is 3.19. The summed E-state index contributed by atoms with van der Waals surface area (Å²) in [5.41, 5.74) is 5.11. The molecule has 1 fully saturated rings. The highest BCUT2D eigenvalue weighted by Gasteiger charge is 2.26. The highest BCUT2D eigenvalue weighted by molar-refractivity contribution is 6.07. The fourth-order valence-electron chi connectivity index (χ4n) is 4.67. The summed E-state index contributed by atoms with van der Waals surface area (Å²) in [5, 5.41) is 1.27. The van der Waals surface area contributed by atoms with Crippen LogP contribution < -0.4 is 10.5 Å². The van der Waals surface area contributed by atoms with Gasteiger partial charge in [0.15, 0.2) is 0 Å². The Balaban J connectivity index is 1.43. The van der Waals surface area contributed by atoms with Crippen molar-refractivity contribution in [2.45, 2.75) is 13.8 Å². The van der Waals surface area contributed by atoms with Crippen molar-refractivity contribution in [1.82, 2.24) is 9.47 Å². The van der Waals surface area contributed by atoms with Gasteiger partial charge in [0.25, 0.3) is 5.91 Å². The van der Waals surface area contributed by atoms with E-state index in [0.29, 0.717) is 29.8 Å². The molecule has 158 valence electrons. The van der Waals surface area contributed by atoms with E-state index in [1.54, 1.807) is 12.1 Å². The first kappa shape index (κ1) is 19.4. The van der Waals surface area contributed by atoms with Crippen molar-refractivity contribution in [3.8, 4) is 0 Å². The summed E-state index contributed by atoms with van der Waals surface area (Å²) in [6.45, 7) is 7.08. The maximum atomic E-state index is 13.3. The van der Waals surface area contributed by atoms with Crippen molar-refractivity contribution in [3.63, 3.8) is 0 Å². The molecule has 0 saturated carbocycles. The highest BCUT2D eigenvalue weighted by Crippen LogP contribution is 2.27. The first-order valence-corrected chi connectivity index (χ1v) is 10.6. The second-order valence-electron chi connectivity index (χ2n) is 8.31. The van der Waals surface area contributed by atoms with Crippen LogP contribution >= 0.6 is 0 Å². The zero-order valence-electron chi connectivity index (χ0n) is 18.0. The number of aromatic nitrogens is 1. The number of anilines is 1. The summed E-state index contributed by atoms with van der Waals surface area (Å²) in [6, 6.07) is 15.6. The molecule has 0 radical (unpaired) electrons. The van der Waals surface area contributed by atoms with E-state index in [-0.39, 0.29) is 5.91 Å². The minimum absolute atomic E-state index is 0.0533. The molecule has 3 heterocycles. The van der Waals surface area contributed by atoms with E-state index < -0.39 is 5.63 Å². The van der Waals surface area contributed by atoms with Gasteiger partial charge in [-0.1, -0.05) is 29.8 Å². The van der Waals surface area contributed by atoms with Crippen molar-refractivity contribution in [2.75, 3.05) is 31.1 Å².